The monoisotopic (exact) mass is 387 g/mol. The second kappa shape index (κ2) is 8.14. The number of fused-ring (bicyclic) bond motifs is 1. The second-order valence-electron chi connectivity index (χ2n) is 5.89. The van der Waals surface area contributed by atoms with Gasteiger partial charge < -0.3 is 19.7 Å². The van der Waals surface area contributed by atoms with Gasteiger partial charge in [0.25, 0.3) is 0 Å². The van der Waals surface area contributed by atoms with Crippen molar-refractivity contribution in [3.8, 4) is 23.1 Å². The van der Waals surface area contributed by atoms with Crippen LogP contribution < -0.4 is 4.74 Å². The van der Waals surface area contributed by atoms with Gasteiger partial charge in [0, 0.05) is 15.8 Å². The first kappa shape index (κ1) is 18.8. The van der Waals surface area contributed by atoms with Crippen molar-refractivity contribution in [1.29, 1.82) is 0 Å². The average molecular weight is 388 g/mol. The Kier molecular flexibility index (Phi) is 5.66. The Labute approximate surface area is 160 Å². The topological polar surface area (TPSA) is 88.9 Å². The van der Waals surface area contributed by atoms with Crippen molar-refractivity contribution in [2.24, 2.45) is 0 Å². The van der Waals surface area contributed by atoms with Crippen molar-refractivity contribution >= 4 is 28.3 Å². The number of halogens is 1. The minimum atomic E-state index is -0.792. The van der Waals surface area contributed by atoms with Gasteiger partial charge >= 0.3 is 5.97 Å². The third-order valence-corrected chi connectivity index (χ3v) is 4.12. The molecule has 0 spiro atoms. The number of carbonyl (C=O) groups is 1. The van der Waals surface area contributed by atoms with Crippen molar-refractivity contribution in [1.82, 2.24) is 4.98 Å². The number of aromatic nitrogens is 1. The van der Waals surface area contributed by atoms with Gasteiger partial charge in [-0.1, -0.05) is 31.0 Å². The lowest BCUT2D eigenvalue weighted by atomic mass is 10.1. The predicted octanol–water partition coefficient (Wildman–Crippen LogP) is 5.05. The van der Waals surface area contributed by atoms with Crippen LogP contribution in [0.25, 0.3) is 10.8 Å². The van der Waals surface area contributed by atoms with Gasteiger partial charge in [0.2, 0.25) is 5.88 Å². The third-order valence-electron chi connectivity index (χ3n) is 3.89. The van der Waals surface area contributed by atoms with E-state index in [-0.39, 0.29) is 34.7 Å². The van der Waals surface area contributed by atoms with E-state index in [1.54, 1.807) is 36.4 Å². The highest BCUT2D eigenvalue weighted by Gasteiger charge is 2.20. The summed E-state index contributed by atoms with van der Waals surface area (Å²) in [5.74, 6) is -0.630. The highest BCUT2D eigenvalue weighted by atomic mass is 35.5. The number of unbranched alkanes of at least 4 members (excludes halogenated alkanes) is 1. The van der Waals surface area contributed by atoms with Crippen LogP contribution >= 0.6 is 11.6 Å². The molecule has 2 N–H and O–H groups in total. The Hall–Kier alpha value is -2.99. The van der Waals surface area contributed by atoms with Crippen LogP contribution in [0.5, 0.6) is 23.1 Å². The lowest BCUT2D eigenvalue weighted by molar-refractivity contribution is 0.0488. The summed E-state index contributed by atoms with van der Waals surface area (Å²) in [6.45, 7) is 2.18. The number of nitrogens with zero attached hydrogens (tertiary/aromatic N) is 1. The van der Waals surface area contributed by atoms with E-state index in [0.29, 0.717) is 22.9 Å². The van der Waals surface area contributed by atoms with E-state index in [1.165, 1.54) is 6.07 Å². The molecule has 7 heteroatoms. The molecule has 27 heavy (non-hydrogen) atoms. The molecular weight excluding hydrogens is 370 g/mol. The van der Waals surface area contributed by atoms with Crippen LogP contribution in [0.3, 0.4) is 0 Å². The van der Waals surface area contributed by atoms with E-state index in [9.17, 15) is 15.0 Å². The van der Waals surface area contributed by atoms with Crippen molar-refractivity contribution in [3.63, 3.8) is 0 Å². The standard InChI is InChI=1S/C20H18ClNO5/c1-2-3-9-26-20(25)17-18(23)16-11-14(7-8-15(16)19(24)22-17)27-13-6-4-5-12(21)10-13/h4-8,10-11,23H,2-3,9H2,1H3,(H,22,24). The zero-order valence-electron chi connectivity index (χ0n) is 14.6. The van der Waals surface area contributed by atoms with Gasteiger partial charge in [-0.15, -0.1) is 0 Å². The second-order valence-corrected chi connectivity index (χ2v) is 6.33. The molecule has 0 saturated heterocycles. The number of pyridine rings is 1. The SMILES string of the molecule is CCCCOC(=O)c1nc(O)c2ccc(Oc3cccc(Cl)c3)cc2c1O. The summed E-state index contributed by atoms with van der Waals surface area (Å²) >= 11 is 5.95. The first-order chi connectivity index (χ1) is 13.0. The molecule has 1 heterocycles. The number of aromatic hydroxyl groups is 2. The Morgan fingerprint density at radius 2 is 1.89 bits per heavy atom. The molecule has 140 valence electrons. The summed E-state index contributed by atoms with van der Waals surface area (Å²) in [7, 11) is 0. The van der Waals surface area contributed by atoms with Crippen LogP contribution in [0.1, 0.15) is 30.3 Å². The zero-order chi connectivity index (χ0) is 19.4. The Balaban J connectivity index is 1.96. The summed E-state index contributed by atoms with van der Waals surface area (Å²) in [5.41, 5.74) is -0.337. The number of carbonyl (C=O) groups excluding carboxylic acids is 1. The van der Waals surface area contributed by atoms with Crippen molar-refractivity contribution < 1.29 is 24.5 Å². The maximum atomic E-state index is 12.1. The first-order valence-electron chi connectivity index (χ1n) is 8.46. The third kappa shape index (κ3) is 4.23. The number of hydrogen-bond acceptors (Lipinski definition) is 6. The van der Waals surface area contributed by atoms with Crippen LogP contribution in [0.2, 0.25) is 5.02 Å². The van der Waals surface area contributed by atoms with Gasteiger partial charge in [0.15, 0.2) is 11.4 Å². The fraction of sp³-hybridized carbons (Fsp3) is 0.200. The number of esters is 1. The molecule has 0 fully saturated rings. The van der Waals surface area contributed by atoms with Gasteiger partial charge in [-0.2, -0.15) is 0 Å². The van der Waals surface area contributed by atoms with Crippen LogP contribution in [0.15, 0.2) is 42.5 Å². The molecule has 6 nitrogen and oxygen atoms in total. The number of hydrogen-bond donors (Lipinski definition) is 2. The van der Waals surface area contributed by atoms with Crippen molar-refractivity contribution in [3.05, 3.63) is 53.2 Å². The highest BCUT2D eigenvalue weighted by molar-refractivity contribution is 6.30. The molecule has 0 aliphatic heterocycles. The van der Waals surface area contributed by atoms with E-state index in [1.807, 2.05) is 6.92 Å². The molecule has 3 rings (SSSR count). The fourth-order valence-electron chi connectivity index (χ4n) is 2.51. The summed E-state index contributed by atoms with van der Waals surface area (Å²) in [6, 6.07) is 11.5. The molecule has 0 bridgehead atoms. The van der Waals surface area contributed by atoms with Crippen molar-refractivity contribution in [2.45, 2.75) is 19.8 Å². The van der Waals surface area contributed by atoms with Gasteiger partial charge in [-0.25, -0.2) is 9.78 Å². The lowest BCUT2D eigenvalue weighted by Crippen LogP contribution is -2.09. The van der Waals surface area contributed by atoms with E-state index < -0.39 is 5.97 Å². The molecule has 3 aromatic rings. The van der Waals surface area contributed by atoms with Gasteiger partial charge in [-0.3, -0.25) is 0 Å². The quantitative estimate of drug-likeness (QED) is 0.454. The molecule has 0 atom stereocenters. The molecule has 0 aliphatic carbocycles. The van der Waals surface area contributed by atoms with Crippen LogP contribution in [0.4, 0.5) is 0 Å². The Bertz CT molecular complexity index is 990. The normalized spacial score (nSPS) is 10.7. The maximum Gasteiger partial charge on any atom is 0.360 e. The highest BCUT2D eigenvalue weighted by Crippen LogP contribution is 2.36. The summed E-state index contributed by atoms with van der Waals surface area (Å²) in [5, 5.41) is 21.6. The van der Waals surface area contributed by atoms with Crippen LogP contribution in [-0.4, -0.2) is 27.8 Å². The van der Waals surface area contributed by atoms with Gasteiger partial charge in [0.1, 0.15) is 11.5 Å². The lowest BCUT2D eigenvalue weighted by Gasteiger charge is -2.11. The van der Waals surface area contributed by atoms with Gasteiger partial charge in [0.05, 0.1) is 6.61 Å². The number of rotatable bonds is 6. The van der Waals surface area contributed by atoms with Crippen LogP contribution in [0, 0.1) is 0 Å². The zero-order valence-corrected chi connectivity index (χ0v) is 15.4. The average Bonchev–Trinajstić information content (AvgIpc) is 2.64. The van der Waals surface area contributed by atoms with E-state index >= 15 is 0 Å². The Morgan fingerprint density at radius 3 is 2.63 bits per heavy atom. The largest absolute Gasteiger partial charge is 0.505 e. The van der Waals surface area contributed by atoms with Crippen molar-refractivity contribution in [2.75, 3.05) is 6.61 Å². The summed E-state index contributed by atoms with van der Waals surface area (Å²) < 4.78 is 10.8. The van der Waals surface area contributed by atoms with E-state index in [0.717, 1.165) is 6.42 Å². The Morgan fingerprint density at radius 1 is 1.11 bits per heavy atom. The smallest absolute Gasteiger partial charge is 0.360 e. The number of ether oxygens (including phenoxy) is 2. The first-order valence-corrected chi connectivity index (χ1v) is 8.83. The van der Waals surface area contributed by atoms with Crippen LogP contribution in [-0.2, 0) is 4.74 Å². The molecule has 0 radical (unpaired) electrons. The molecule has 2 aromatic carbocycles. The maximum absolute atomic E-state index is 12.1. The predicted molar refractivity (Wildman–Crippen MR) is 102 cm³/mol. The summed E-state index contributed by atoms with van der Waals surface area (Å²) in [6.07, 6.45) is 1.56. The summed E-state index contributed by atoms with van der Waals surface area (Å²) in [4.78, 5) is 15.9. The van der Waals surface area contributed by atoms with E-state index in [4.69, 9.17) is 21.1 Å². The minimum absolute atomic E-state index is 0.215. The molecule has 0 amide bonds. The molecule has 0 unspecified atom stereocenters. The molecule has 0 saturated carbocycles. The molecular formula is C20H18ClNO5. The minimum Gasteiger partial charge on any atom is -0.505 e. The number of benzene rings is 2. The molecule has 1 aromatic heterocycles. The van der Waals surface area contributed by atoms with Gasteiger partial charge in [-0.05, 0) is 42.8 Å². The van der Waals surface area contributed by atoms with E-state index in [2.05, 4.69) is 4.98 Å². The fourth-order valence-corrected chi connectivity index (χ4v) is 2.69. The molecule has 0 aliphatic rings.